The molecular weight excluding hydrogens is 228 g/mol. The average molecular weight is 246 g/mol. The Bertz CT molecular complexity index is 457. The van der Waals surface area contributed by atoms with E-state index in [0.29, 0.717) is 6.54 Å². The molecule has 0 saturated carbocycles. The Morgan fingerprint density at radius 2 is 2.28 bits per heavy atom. The number of carbonyl (C=O) groups excluding carboxylic acids is 1. The summed E-state index contributed by atoms with van der Waals surface area (Å²) in [5, 5.41) is 0. The van der Waals surface area contributed by atoms with Crippen LogP contribution in [0.2, 0.25) is 0 Å². The molecule has 4 heteroatoms. The predicted molar refractivity (Wildman–Crippen MR) is 71.2 cm³/mol. The molecule has 1 unspecified atom stereocenters. The van der Waals surface area contributed by atoms with Gasteiger partial charge in [0.2, 0.25) is 5.91 Å². The number of amides is 1. The zero-order valence-electron chi connectivity index (χ0n) is 10.5. The fraction of sp³-hybridized carbons (Fsp3) is 0.357. The maximum Gasteiger partial charge on any atom is 0.246 e. The number of nitrogens with two attached hydrogens (primary N) is 1. The van der Waals surface area contributed by atoms with Crippen molar-refractivity contribution in [1.82, 2.24) is 4.90 Å². The van der Waals surface area contributed by atoms with E-state index in [9.17, 15) is 4.79 Å². The highest BCUT2D eigenvalue weighted by Gasteiger charge is 2.21. The van der Waals surface area contributed by atoms with Gasteiger partial charge in [-0.3, -0.25) is 4.79 Å². The molecule has 1 atom stereocenters. The van der Waals surface area contributed by atoms with Gasteiger partial charge in [-0.05, 0) is 18.6 Å². The van der Waals surface area contributed by atoms with E-state index >= 15 is 0 Å². The van der Waals surface area contributed by atoms with E-state index < -0.39 is 0 Å². The lowest BCUT2D eigenvalue weighted by Gasteiger charge is -2.12. The van der Waals surface area contributed by atoms with E-state index in [1.54, 1.807) is 24.2 Å². The minimum absolute atomic E-state index is 0.00820. The van der Waals surface area contributed by atoms with E-state index in [4.69, 9.17) is 10.5 Å². The first kappa shape index (κ1) is 12.6. The number of benzene rings is 1. The van der Waals surface area contributed by atoms with Gasteiger partial charge in [-0.15, -0.1) is 0 Å². The van der Waals surface area contributed by atoms with Crippen molar-refractivity contribution < 1.29 is 9.53 Å². The van der Waals surface area contributed by atoms with Crippen LogP contribution in [0.1, 0.15) is 12.0 Å². The van der Waals surface area contributed by atoms with Crippen molar-refractivity contribution in [2.45, 2.75) is 12.5 Å². The fourth-order valence-corrected chi connectivity index (χ4v) is 2.06. The highest BCUT2D eigenvalue weighted by atomic mass is 16.5. The molecule has 96 valence electrons. The second kappa shape index (κ2) is 5.69. The van der Waals surface area contributed by atoms with Gasteiger partial charge in [0.05, 0.1) is 7.11 Å². The van der Waals surface area contributed by atoms with Gasteiger partial charge in [0.1, 0.15) is 5.75 Å². The summed E-state index contributed by atoms with van der Waals surface area (Å²) in [6.45, 7) is 1.39. The fourth-order valence-electron chi connectivity index (χ4n) is 2.06. The summed E-state index contributed by atoms with van der Waals surface area (Å²) < 4.78 is 5.22. The van der Waals surface area contributed by atoms with E-state index in [0.717, 1.165) is 24.3 Å². The van der Waals surface area contributed by atoms with Crippen molar-refractivity contribution >= 4 is 12.0 Å². The monoisotopic (exact) mass is 246 g/mol. The van der Waals surface area contributed by atoms with Crippen LogP contribution in [0, 0.1) is 0 Å². The third-order valence-electron chi connectivity index (χ3n) is 3.08. The summed E-state index contributed by atoms with van der Waals surface area (Å²) in [5.41, 5.74) is 6.68. The first-order chi connectivity index (χ1) is 8.70. The van der Waals surface area contributed by atoms with Crippen molar-refractivity contribution in [1.29, 1.82) is 0 Å². The van der Waals surface area contributed by atoms with Crippen LogP contribution in [0.5, 0.6) is 5.75 Å². The Labute approximate surface area is 107 Å². The van der Waals surface area contributed by atoms with Crippen molar-refractivity contribution in [2.75, 3.05) is 20.2 Å². The van der Waals surface area contributed by atoms with Crippen LogP contribution in [-0.4, -0.2) is 37.0 Å². The molecule has 0 radical (unpaired) electrons. The molecule has 0 aliphatic carbocycles. The van der Waals surface area contributed by atoms with Gasteiger partial charge in [0, 0.05) is 30.8 Å². The molecule has 18 heavy (non-hydrogen) atoms. The Balaban J connectivity index is 2.04. The lowest BCUT2D eigenvalue weighted by molar-refractivity contribution is -0.124. The second-order valence-electron chi connectivity index (χ2n) is 4.41. The number of nitrogens with zero attached hydrogens (tertiary/aromatic N) is 1. The first-order valence-corrected chi connectivity index (χ1v) is 6.06. The summed E-state index contributed by atoms with van der Waals surface area (Å²) in [6.07, 6.45) is 4.25. The molecule has 1 heterocycles. The third kappa shape index (κ3) is 2.90. The van der Waals surface area contributed by atoms with Crippen molar-refractivity contribution in [2.24, 2.45) is 5.73 Å². The van der Waals surface area contributed by atoms with Crippen molar-refractivity contribution in [3.63, 3.8) is 0 Å². The molecule has 1 aromatic carbocycles. The molecule has 1 aromatic rings. The van der Waals surface area contributed by atoms with Gasteiger partial charge in [0.15, 0.2) is 0 Å². The Kier molecular flexibility index (Phi) is 3.99. The SMILES string of the molecule is COc1ccccc1C=CC(=O)N1CCC(N)C1. The van der Waals surface area contributed by atoms with Crippen LogP contribution < -0.4 is 10.5 Å². The van der Waals surface area contributed by atoms with Gasteiger partial charge in [-0.1, -0.05) is 18.2 Å². The Morgan fingerprint density at radius 1 is 1.50 bits per heavy atom. The van der Waals surface area contributed by atoms with Gasteiger partial charge in [-0.25, -0.2) is 0 Å². The molecule has 1 fully saturated rings. The second-order valence-corrected chi connectivity index (χ2v) is 4.41. The summed E-state index contributed by atoms with van der Waals surface area (Å²) in [7, 11) is 1.62. The lowest BCUT2D eigenvalue weighted by Crippen LogP contribution is -2.30. The maximum absolute atomic E-state index is 11.9. The van der Waals surface area contributed by atoms with Gasteiger partial charge in [0.25, 0.3) is 0 Å². The number of methoxy groups -OCH3 is 1. The number of para-hydroxylation sites is 1. The molecule has 0 aromatic heterocycles. The van der Waals surface area contributed by atoms with Crippen molar-refractivity contribution in [3.8, 4) is 5.75 Å². The normalized spacial score (nSPS) is 19.4. The Hall–Kier alpha value is -1.81. The lowest BCUT2D eigenvalue weighted by atomic mass is 10.2. The highest BCUT2D eigenvalue weighted by molar-refractivity contribution is 5.92. The average Bonchev–Trinajstić information content (AvgIpc) is 2.83. The molecule has 0 spiro atoms. The minimum atomic E-state index is 0.00820. The minimum Gasteiger partial charge on any atom is -0.496 e. The molecule has 1 amide bonds. The molecule has 1 saturated heterocycles. The Morgan fingerprint density at radius 3 is 2.94 bits per heavy atom. The molecule has 1 aliphatic heterocycles. The van der Waals surface area contributed by atoms with E-state index in [1.807, 2.05) is 24.3 Å². The zero-order chi connectivity index (χ0) is 13.0. The zero-order valence-corrected chi connectivity index (χ0v) is 10.5. The van der Waals surface area contributed by atoms with Gasteiger partial charge < -0.3 is 15.4 Å². The van der Waals surface area contributed by atoms with Crippen LogP contribution in [0.4, 0.5) is 0 Å². The van der Waals surface area contributed by atoms with E-state index in [2.05, 4.69) is 0 Å². The molecule has 0 bridgehead atoms. The standard InChI is InChI=1S/C14H18N2O2/c1-18-13-5-3-2-4-11(13)6-7-14(17)16-9-8-12(15)10-16/h2-7,12H,8-10,15H2,1H3. The molecule has 4 nitrogen and oxygen atoms in total. The molecular formula is C14H18N2O2. The van der Waals surface area contributed by atoms with E-state index in [-0.39, 0.29) is 11.9 Å². The third-order valence-corrected chi connectivity index (χ3v) is 3.08. The van der Waals surface area contributed by atoms with Crippen LogP contribution in [-0.2, 0) is 4.79 Å². The quantitative estimate of drug-likeness (QED) is 0.817. The first-order valence-electron chi connectivity index (χ1n) is 6.06. The number of carbonyl (C=O) groups is 1. The van der Waals surface area contributed by atoms with Crippen LogP contribution in [0.25, 0.3) is 6.08 Å². The predicted octanol–water partition coefficient (Wildman–Crippen LogP) is 1.27. The number of hydrogen-bond acceptors (Lipinski definition) is 3. The number of ether oxygens (including phenoxy) is 1. The summed E-state index contributed by atoms with van der Waals surface area (Å²) >= 11 is 0. The van der Waals surface area contributed by atoms with E-state index in [1.165, 1.54) is 0 Å². The largest absolute Gasteiger partial charge is 0.496 e. The van der Waals surface area contributed by atoms with Crippen LogP contribution in [0.3, 0.4) is 0 Å². The number of rotatable bonds is 3. The van der Waals surface area contributed by atoms with Crippen molar-refractivity contribution in [3.05, 3.63) is 35.9 Å². The maximum atomic E-state index is 11.9. The topological polar surface area (TPSA) is 55.6 Å². The molecule has 2 N–H and O–H groups in total. The number of likely N-dealkylation sites (tertiary alicyclic amines) is 1. The smallest absolute Gasteiger partial charge is 0.246 e. The van der Waals surface area contributed by atoms with Crippen LogP contribution >= 0.6 is 0 Å². The van der Waals surface area contributed by atoms with Gasteiger partial charge >= 0.3 is 0 Å². The summed E-state index contributed by atoms with van der Waals surface area (Å²) in [5.74, 6) is 0.772. The summed E-state index contributed by atoms with van der Waals surface area (Å²) in [4.78, 5) is 13.7. The molecule has 1 aliphatic rings. The van der Waals surface area contributed by atoms with Gasteiger partial charge in [-0.2, -0.15) is 0 Å². The highest BCUT2D eigenvalue weighted by Crippen LogP contribution is 2.19. The summed E-state index contributed by atoms with van der Waals surface area (Å²) in [6, 6.07) is 7.72. The number of hydrogen-bond donors (Lipinski definition) is 1. The molecule has 2 rings (SSSR count). The van der Waals surface area contributed by atoms with Crippen LogP contribution in [0.15, 0.2) is 30.3 Å².